The van der Waals surface area contributed by atoms with Crippen LogP contribution in [0.5, 0.6) is 0 Å². The fourth-order valence-corrected chi connectivity index (χ4v) is 9.24. The van der Waals surface area contributed by atoms with Crippen LogP contribution in [0.1, 0.15) is 65.4 Å². The van der Waals surface area contributed by atoms with Crippen LogP contribution in [0.2, 0.25) is 0 Å². The number of aryl methyl sites for hydroxylation is 6. The van der Waals surface area contributed by atoms with Crippen molar-refractivity contribution in [3.05, 3.63) is 130 Å². The normalized spacial score (nSPS) is 11.9. The molecule has 0 fully saturated rings. The van der Waals surface area contributed by atoms with Gasteiger partial charge >= 0.3 is 0 Å². The molecule has 4 aromatic carbocycles. The van der Waals surface area contributed by atoms with E-state index in [0.29, 0.717) is 39.5 Å². The van der Waals surface area contributed by atoms with Crippen LogP contribution < -0.4 is 10.2 Å². The number of nitrogens with one attached hydrogen (secondary N) is 1. The van der Waals surface area contributed by atoms with Gasteiger partial charge < -0.3 is 5.32 Å². The van der Waals surface area contributed by atoms with Crippen LogP contribution in [0.15, 0.2) is 95.2 Å². The lowest BCUT2D eigenvalue weighted by Gasteiger charge is -2.26. The molecule has 4 aromatic heterocycles. The highest BCUT2D eigenvalue weighted by atomic mass is 32.1. The Bertz CT molecular complexity index is 2810. The number of rotatable bonds is 8. The van der Waals surface area contributed by atoms with E-state index in [1.807, 2.05) is 75.4 Å². The smallest absolute Gasteiger partial charge is 0.213 e. The molecule has 0 aliphatic rings. The molecule has 0 aliphatic heterocycles. The lowest BCUT2D eigenvalue weighted by molar-refractivity contribution is 0.559. The summed E-state index contributed by atoms with van der Waals surface area (Å²) < 4.78 is 3.74. The molecule has 8 rings (SSSR count). The Morgan fingerprint density at radius 1 is 0.719 bits per heavy atom. The van der Waals surface area contributed by atoms with E-state index < -0.39 is 5.41 Å². The van der Waals surface area contributed by atoms with E-state index in [-0.39, 0.29) is 0 Å². The Labute approximate surface area is 340 Å². The van der Waals surface area contributed by atoms with Crippen molar-refractivity contribution >= 4 is 82.8 Å². The maximum absolute atomic E-state index is 10.6. The molecule has 0 aliphatic carbocycles. The Kier molecular flexibility index (Phi) is 9.67. The van der Waals surface area contributed by atoms with E-state index in [4.69, 9.17) is 30.3 Å². The first-order chi connectivity index (χ1) is 27.3. The summed E-state index contributed by atoms with van der Waals surface area (Å²) >= 11 is 3.11. The van der Waals surface area contributed by atoms with Crippen molar-refractivity contribution in [2.45, 2.75) is 67.7 Å². The standard InChI is InChI=1S/C45H42N10S2/c1-25-20-27(3)38(28(4)21-25)50-41-34(51-52-42-31(24-46)40(45(7,8)9)53-55(42)44-48-33-15-11-13-17-36(33)57-44)18-19-37(49-41)54(39-29(5)22-26(2)23-30(39)6)43-47-32-14-10-12-16-35(32)56-43/h10-23H,1-9H3,(H,49,50). The largest absolute Gasteiger partial charge is 0.338 e. The highest BCUT2D eigenvalue weighted by Crippen LogP contribution is 2.44. The lowest BCUT2D eigenvalue weighted by Crippen LogP contribution is -2.15. The molecule has 0 amide bonds. The summed E-state index contributed by atoms with van der Waals surface area (Å²) in [4.78, 5) is 17.5. The quantitative estimate of drug-likeness (QED) is 0.152. The van der Waals surface area contributed by atoms with Gasteiger partial charge in [0.2, 0.25) is 5.13 Å². The second-order valence-corrected chi connectivity index (χ2v) is 17.5. The van der Waals surface area contributed by atoms with Crippen molar-refractivity contribution in [1.29, 1.82) is 5.26 Å². The number of fused-ring (bicyclic) bond motifs is 2. The van der Waals surface area contributed by atoms with Gasteiger partial charge in [-0.05, 0) is 100 Å². The van der Waals surface area contributed by atoms with Crippen molar-refractivity contribution in [1.82, 2.24) is 24.7 Å². The average Bonchev–Trinajstić information content (AvgIpc) is 3.88. The molecule has 12 heteroatoms. The highest BCUT2D eigenvalue weighted by Gasteiger charge is 2.29. The number of hydrogen-bond acceptors (Lipinski definition) is 11. The zero-order valence-electron chi connectivity index (χ0n) is 33.4. The van der Waals surface area contributed by atoms with Gasteiger partial charge in [-0.3, -0.25) is 4.90 Å². The Balaban J connectivity index is 1.33. The van der Waals surface area contributed by atoms with Crippen LogP contribution in [0, 0.1) is 52.9 Å². The zero-order chi connectivity index (χ0) is 40.2. The molecule has 0 saturated heterocycles. The van der Waals surface area contributed by atoms with E-state index in [1.165, 1.54) is 22.5 Å². The van der Waals surface area contributed by atoms with Crippen molar-refractivity contribution in [2.24, 2.45) is 10.2 Å². The van der Waals surface area contributed by atoms with Gasteiger partial charge in [-0.1, -0.05) is 103 Å². The summed E-state index contributed by atoms with van der Waals surface area (Å²) in [7, 11) is 0. The predicted octanol–water partition coefficient (Wildman–Crippen LogP) is 13.1. The minimum atomic E-state index is -0.440. The molecule has 0 spiro atoms. The first-order valence-corrected chi connectivity index (χ1v) is 20.3. The summed E-state index contributed by atoms with van der Waals surface area (Å²) in [6.07, 6.45) is 0. The third-order valence-corrected chi connectivity index (χ3v) is 11.8. The molecule has 0 unspecified atom stereocenters. The van der Waals surface area contributed by atoms with E-state index in [1.54, 1.807) is 16.0 Å². The number of para-hydroxylation sites is 2. The molecule has 57 heavy (non-hydrogen) atoms. The molecular weight excluding hydrogens is 745 g/mol. The lowest BCUT2D eigenvalue weighted by atomic mass is 9.90. The molecule has 4 heterocycles. The number of thiazole rings is 2. The monoisotopic (exact) mass is 786 g/mol. The van der Waals surface area contributed by atoms with Gasteiger partial charge in [0.05, 0.1) is 31.8 Å². The SMILES string of the molecule is Cc1cc(C)c(Nc2nc(N(c3nc4ccccc4s3)c3c(C)cc(C)cc3C)ccc2N=Nc2c(C#N)c(C(C)(C)C)nn2-c2nc3ccccc3s2)c(C)c1. The molecule has 0 saturated carbocycles. The van der Waals surface area contributed by atoms with Gasteiger partial charge in [-0.15, -0.1) is 10.2 Å². The number of azo groups is 1. The summed E-state index contributed by atoms with van der Waals surface area (Å²) in [5.41, 5.74) is 11.5. The zero-order valence-corrected chi connectivity index (χ0v) is 35.1. The van der Waals surface area contributed by atoms with Crippen LogP contribution >= 0.6 is 22.7 Å². The number of anilines is 5. The number of hydrogen-bond donors (Lipinski definition) is 1. The second-order valence-electron chi connectivity index (χ2n) is 15.5. The molecule has 1 N–H and O–H groups in total. The Morgan fingerprint density at radius 2 is 1.32 bits per heavy atom. The number of nitriles is 1. The minimum absolute atomic E-state index is 0.307. The third-order valence-electron chi connectivity index (χ3n) is 9.74. The van der Waals surface area contributed by atoms with Crippen molar-refractivity contribution < 1.29 is 0 Å². The fourth-order valence-electron chi connectivity index (χ4n) is 7.34. The maximum Gasteiger partial charge on any atom is 0.213 e. The summed E-state index contributed by atoms with van der Waals surface area (Å²) in [5, 5.41) is 30.2. The first kappa shape index (κ1) is 37.6. The fraction of sp³-hybridized carbons (Fsp3) is 0.222. The molecule has 0 radical (unpaired) electrons. The van der Waals surface area contributed by atoms with Crippen LogP contribution in [0.3, 0.4) is 0 Å². The average molecular weight is 787 g/mol. The van der Waals surface area contributed by atoms with Gasteiger partial charge in [0, 0.05) is 11.1 Å². The van der Waals surface area contributed by atoms with Gasteiger partial charge in [-0.25, -0.2) is 15.0 Å². The van der Waals surface area contributed by atoms with Gasteiger partial charge in [0.1, 0.15) is 23.1 Å². The molecule has 0 atom stereocenters. The third kappa shape index (κ3) is 7.16. The summed E-state index contributed by atoms with van der Waals surface area (Å²) in [6, 6.07) is 31.0. The van der Waals surface area contributed by atoms with Crippen LogP contribution in [0.25, 0.3) is 25.6 Å². The Hall–Kier alpha value is -6.29. The number of nitrogens with zero attached hydrogens (tertiary/aromatic N) is 9. The van der Waals surface area contributed by atoms with E-state index in [9.17, 15) is 5.26 Å². The summed E-state index contributed by atoms with van der Waals surface area (Å²) in [5.74, 6) is 1.47. The second kappa shape index (κ2) is 14.7. The molecule has 10 nitrogen and oxygen atoms in total. The molecule has 8 aromatic rings. The van der Waals surface area contributed by atoms with Crippen molar-refractivity contribution in [2.75, 3.05) is 10.2 Å². The van der Waals surface area contributed by atoms with E-state index >= 15 is 0 Å². The van der Waals surface area contributed by atoms with Crippen molar-refractivity contribution in [3.63, 3.8) is 0 Å². The van der Waals surface area contributed by atoms with Gasteiger partial charge in [-0.2, -0.15) is 15.0 Å². The minimum Gasteiger partial charge on any atom is -0.338 e. The van der Waals surface area contributed by atoms with Crippen molar-refractivity contribution in [3.8, 4) is 11.2 Å². The van der Waals surface area contributed by atoms with E-state index in [0.717, 1.165) is 59.2 Å². The number of benzene rings is 4. The molecule has 0 bridgehead atoms. The Morgan fingerprint density at radius 3 is 1.91 bits per heavy atom. The van der Waals surface area contributed by atoms with Gasteiger partial charge in [0.25, 0.3) is 0 Å². The number of pyridine rings is 1. The summed E-state index contributed by atoms with van der Waals surface area (Å²) in [6.45, 7) is 18.7. The highest BCUT2D eigenvalue weighted by molar-refractivity contribution is 7.22. The molecule has 284 valence electrons. The van der Waals surface area contributed by atoms with Gasteiger partial charge in [0.15, 0.2) is 16.8 Å². The van der Waals surface area contributed by atoms with Crippen LogP contribution in [-0.4, -0.2) is 24.7 Å². The number of aromatic nitrogens is 5. The van der Waals surface area contributed by atoms with Crippen LogP contribution in [0.4, 0.5) is 39.6 Å². The van der Waals surface area contributed by atoms with E-state index in [2.05, 4.69) is 88.2 Å². The maximum atomic E-state index is 10.6. The predicted molar refractivity (Wildman–Crippen MR) is 235 cm³/mol. The molecular formula is C45H42N10S2. The van der Waals surface area contributed by atoms with Crippen LogP contribution in [-0.2, 0) is 5.41 Å². The first-order valence-electron chi connectivity index (χ1n) is 18.7. The topological polar surface area (TPSA) is 120 Å².